The van der Waals surface area contributed by atoms with Crippen molar-refractivity contribution in [2.45, 2.75) is 25.3 Å². The van der Waals surface area contributed by atoms with Gasteiger partial charge in [-0.15, -0.1) is 0 Å². The van der Waals surface area contributed by atoms with Gasteiger partial charge in [-0.3, -0.25) is 10.1 Å². The van der Waals surface area contributed by atoms with Crippen LogP contribution in [0.25, 0.3) is 11.1 Å². The largest absolute Gasteiger partial charge is 0.480 e. The molecule has 0 saturated heterocycles. The Morgan fingerprint density at radius 2 is 1.62 bits per heavy atom. The highest BCUT2D eigenvalue weighted by atomic mass is 79.9. The second-order valence-electron chi connectivity index (χ2n) is 7.92. The Kier molecular flexibility index (Phi) is 6.98. The van der Waals surface area contributed by atoms with Crippen molar-refractivity contribution in [1.82, 2.24) is 5.32 Å². The topological polar surface area (TPSA) is 105 Å². The number of nitrogens with one attached hydrogen (secondary N) is 2. The molecule has 8 heteroatoms. The quantitative estimate of drug-likeness (QED) is 0.385. The number of ether oxygens (including phenoxy) is 1. The third-order valence-electron chi connectivity index (χ3n) is 5.82. The molecular weight excluding hydrogens is 500 g/mol. The van der Waals surface area contributed by atoms with Crippen LogP contribution in [-0.2, 0) is 9.53 Å². The molecular formula is C26H23BrN2O5. The molecule has 3 N–H and O–H groups in total. The van der Waals surface area contributed by atoms with Crippen LogP contribution in [0.4, 0.5) is 10.5 Å². The SMILES string of the molecule is CCC(NC(=O)c1ccc(NC(=O)OCC2c3ccccc3-c3ccccc32)c(Br)c1)C(=O)O. The molecule has 0 saturated carbocycles. The highest BCUT2D eigenvalue weighted by Gasteiger charge is 2.29. The molecule has 7 nitrogen and oxygen atoms in total. The molecule has 1 unspecified atom stereocenters. The van der Waals surface area contributed by atoms with E-state index in [2.05, 4.69) is 50.8 Å². The fourth-order valence-electron chi connectivity index (χ4n) is 4.08. The van der Waals surface area contributed by atoms with Crippen LogP contribution in [0.3, 0.4) is 0 Å². The highest BCUT2D eigenvalue weighted by molar-refractivity contribution is 9.10. The highest BCUT2D eigenvalue weighted by Crippen LogP contribution is 2.44. The van der Waals surface area contributed by atoms with E-state index < -0.39 is 24.0 Å². The Morgan fingerprint density at radius 1 is 1.00 bits per heavy atom. The lowest BCUT2D eigenvalue weighted by atomic mass is 9.98. The van der Waals surface area contributed by atoms with Crippen molar-refractivity contribution in [2.24, 2.45) is 0 Å². The number of carboxylic acid groups (broad SMARTS) is 1. The van der Waals surface area contributed by atoms with Crippen molar-refractivity contribution in [3.63, 3.8) is 0 Å². The summed E-state index contributed by atoms with van der Waals surface area (Å²) in [6.45, 7) is 1.86. The fraction of sp³-hybridized carbons (Fsp3) is 0.192. The summed E-state index contributed by atoms with van der Waals surface area (Å²) < 4.78 is 6.02. The predicted octanol–water partition coefficient (Wildman–Crippen LogP) is 5.40. The summed E-state index contributed by atoms with van der Waals surface area (Å²) in [5.41, 5.74) is 5.25. The first-order chi connectivity index (χ1) is 16.4. The average Bonchev–Trinajstić information content (AvgIpc) is 3.16. The van der Waals surface area contributed by atoms with E-state index in [-0.39, 0.29) is 24.5 Å². The summed E-state index contributed by atoms with van der Waals surface area (Å²) in [6.07, 6.45) is -0.347. The molecule has 1 aliphatic carbocycles. The standard InChI is InChI=1S/C26H23BrN2O5/c1-2-22(25(31)32)28-24(30)15-11-12-23(21(27)13-15)29-26(33)34-14-20-18-9-5-3-7-16(18)17-8-4-6-10-19(17)20/h3-13,20,22H,2,14H2,1H3,(H,28,30)(H,29,33)(H,31,32). The smallest absolute Gasteiger partial charge is 0.411 e. The minimum atomic E-state index is -1.09. The van der Waals surface area contributed by atoms with Gasteiger partial charge in [0.25, 0.3) is 5.91 Å². The maximum Gasteiger partial charge on any atom is 0.411 e. The number of fused-ring (bicyclic) bond motifs is 3. The molecule has 4 rings (SSSR count). The van der Waals surface area contributed by atoms with E-state index in [0.29, 0.717) is 10.2 Å². The van der Waals surface area contributed by atoms with Gasteiger partial charge in [0.15, 0.2) is 0 Å². The van der Waals surface area contributed by atoms with E-state index in [9.17, 15) is 14.4 Å². The number of hydrogen-bond acceptors (Lipinski definition) is 4. The van der Waals surface area contributed by atoms with Gasteiger partial charge in [0.1, 0.15) is 12.6 Å². The first kappa shape index (κ1) is 23.5. The summed E-state index contributed by atoms with van der Waals surface area (Å²) in [5.74, 6) is -1.65. The number of amides is 2. The van der Waals surface area contributed by atoms with E-state index in [1.54, 1.807) is 13.0 Å². The lowest BCUT2D eigenvalue weighted by Gasteiger charge is -2.15. The summed E-state index contributed by atoms with van der Waals surface area (Å²) >= 11 is 3.35. The zero-order valence-electron chi connectivity index (χ0n) is 18.4. The van der Waals surface area contributed by atoms with Gasteiger partial charge in [-0.05, 0) is 62.8 Å². The van der Waals surface area contributed by atoms with Crippen molar-refractivity contribution < 1.29 is 24.2 Å². The van der Waals surface area contributed by atoms with Gasteiger partial charge in [0.2, 0.25) is 0 Å². The van der Waals surface area contributed by atoms with Crippen LogP contribution >= 0.6 is 15.9 Å². The number of anilines is 1. The van der Waals surface area contributed by atoms with Crippen LogP contribution in [0.1, 0.15) is 40.7 Å². The number of carbonyl (C=O) groups is 3. The van der Waals surface area contributed by atoms with Gasteiger partial charge >= 0.3 is 12.1 Å². The molecule has 0 aliphatic heterocycles. The minimum Gasteiger partial charge on any atom is -0.480 e. The number of aliphatic carboxylic acids is 1. The third-order valence-corrected chi connectivity index (χ3v) is 6.48. The average molecular weight is 523 g/mol. The Balaban J connectivity index is 1.40. The van der Waals surface area contributed by atoms with Crippen LogP contribution in [0.5, 0.6) is 0 Å². The Labute approximate surface area is 205 Å². The zero-order valence-corrected chi connectivity index (χ0v) is 20.0. The predicted molar refractivity (Wildman–Crippen MR) is 132 cm³/mol. The molecule has 0 bridgehead atoms. The third kappa shape index (κ3) is 4.82. The molecule has 0 radical (unpaired) electrons. The lowest BCUT2D eigenvalue weighted by molar-refractivity contribution is -0.139. The molecule has 174 valence electrons. The Hall–Kier alpha value is -3.65. The fourth-order valence-corrected chi connectivity index (χ4v) is 4.56. The van der Waals surface area contributed by atoms with Gasteiger partial charge in [0, 0.05) is 16.0 Å². The van der Waals surface area contributed by atoms with Gasteiger partial charge in [0.05, 0.1) is 5.69 Å². The monoisotopic (exact) mass is 522 g/mol. The van der Waals surface area contributed by atoms with Crippen molar-refractivity contribution >= 4 is 39.6 Å². The molecule has 1 atom stereocenters. The molecule has 3 aromatic rings. The van der Waals surface area contributed by atoms with Crippen LogP contribution in [-0.4, -0.2) is 35.7 Å². The molecule has 0 spiro atoms. The number of rotatable bonds is 7. The van der Waals surface area contributed by atoms with Crippen LogP contribution < -0.4 is 10.6 Å². The molecule has 3 aromatic carbocycles. The van der Waals surface area contributed by atoms with Gasteiger partial charge in [-0.25, -0.2) is 9.59 Å². The van der Waals surface area contributed by atoms with E-state index in [1.807, 2.05) is 24.3 Å². The number of hydrogen-bond donors (Lipinski definition) is 3. The van der Waals surface area contributed by atoms with E-state index in [4.69, 9.17) is 9.84 Å². The van der Waals surface area contributed by atoms with Crippen molar-refractivity contribution in [1.29, 1.82) is 0 Å². The normalized spacial score (nSPS) is 12.9. The van der Waals surface area contributed by atoms with Crippen LogP contribution in [0.15, 0.2) is 71.2 Å². The number of halogens is 1. The molecule has 0 heterocycles. The van der Waals surface area contributed by atoms with Crippen molar-refractivity contribution in [3.05, 3.63) is 87.9 Å². The van der Waals surface area contributed by atoms with Crippen molar-refractivity contribution in [2.75, 3.05) is 11.9 Å². The second-order valence-corrected chi connectivity index (χ2v) is 8.77. The van der Waals surface area contributed by atoms with E-state index in [1.165, 1.54) is 12.1 Å². The van der Waals surface area contributed by atoms with Gasteiger partial charge in [-0.2, -0.15) is 0 Å². The maximum atomic E-state index is 12.5. The van der Waals surface area contributed by atoms with Gasteiger partial charge in [-0.1, -0.05) is 55.5 Å². The first-order valence-corrected chi connectivity index (χ1v) is 11.6. The zero-order chi connectivity index (χ0) is 24.2. The van der Waals surface area contributed by atoms with E-state index in [0.717, 1.165) is 22.3 Å². The van der Waals surface area contributed by atoms with E-state index >= 15 is 0 Å². The first-order valence-electron chi connectivity index (χ1n) is 10.8. The molecule has 0 aromatic heterocycles. The minimum absolute atomic E-state index is 0.0478. The Bertz CT molecular complexity index is 1210. The van der Waals surface area contributed by atoms with Crippen molar-refractivity contribution in [3.8, 4) is 11.1 Å². The van der Waals surface area contributed by atoms with Crippen LogP contribution in [0.2, 0.25) is 0 Å². The lowest BCUT2D eigenvalue weighted by Crippen LogP contribution is -2.40. The summed E-state index contributed by atoms with van der Waals surface area (Å²) in [7, 11) is 0. The molecule has 0 fully saturated rings. The Morgan fingerprint density at radius 3 is 2.18 bits per heavy atom. The van der Waals surface area contributed by atoms with Gasteiger partial charge < -0.3 is 15.2 Å². The summed E-state index contributed by atoms with van der Waals surface area (Å²) in [5, 5.41) is 14.3. The molecule has 34 heavy (non-hydrogen) atoms. The number of carbonyl (C=O) groups excluding carboxylic acids is 2. The number of benzene rings is 3. The molecule has 1 aliphatic rings. The number of carboxylic acids is 1. The molecule has 2 amide bonds. The maximum absolute atomic E-state index is 12.5. The van der Waals surface area contributed by atoms with Crippen LogP contribution in [0, 0.1) is 0 Å². The summed E-state index contributed by atoms with van der Waals surface area (Å²) in [4.78, 5) is 36.0. The second kappa shape index (κ2) is 10.1. The summed E-state index contributed by atoms with van der Waals surface area (Å²) in [6, 6.07) is 19.8.